The van der Waals surface area contributed by atoms with Crippen LogP contribution in [-0.2, 0) is 19.5 Å². The Kier molecular flexibility index (Phi) is 7.51. The van der Waals surface area contributed by atoms with Crippen LogP contribution in [0.25, 0.3) is 16.9 Å². The fraction of sp³-hybridized carbons (Fsp3) is 0.265. The molecule has 2 heterocycles. The van der Waals surface area contributed by atoms with Crippen LogP contribution in [0.15, 0.2) is 72.8 Å². The first-order valence-electron chi connectivity index (χ1n) is 14.1. The van der Waals surface area contributed by atoms with E-state index in [1.807, 2.05) is 72.2 Å². The standard InChI is InChI=1S/C34H33N5O3/c1-22-17-28-24(19-35)11-7-13-29(28)39(22)34-36-32-27(12-8-14-30(32)40)33(37-34)38(20-23-9-5-4-6-10-23)21-25-15-16-26(41-2)18-31(25)42-3/h4-7,9-11,13,15-18,30,40H,8,12,14,20-21H2,1-3H3. The molecule has 0 saturated carbocycles. The lowest BCUT2D eigenvalue weighted by Gasteiger charge is -2.31. The van der Waals surface area contributed by atoms with Gasteiger partial charge < -0.3 is 19.5 Å². The van der Waals surface area contributed by atoms with Crippen LogP contribution in [0.4, 0.5) is 5.82 Å². The highest BCUT2D eigenvalue weighted by Crippen LogP contribution is 2.37. The number of aliphatic hydroxyl groups excluding tert-OH is 1. The summed E-state index contributed by atoms with van der Waals surface area (Å²) >= 11 is 0. The fourth-order valence-electron chi connectivity index (χ4n) is 5.89. The van der Waals surface area contributed by atoms with Gasteiger partial charge >= 0.3 is 0 Å². The third-order valence-electron chi connectivity index (χ3n) is 7.95. The van der Waals surface area contributed by atoms with E-state index in [0.717, 1.165) is 63.4 Å². The van der Waals surface area contributed by atoms with Gasteiger partial charge in [-0.25, -0.2) is 4.98 Å². The van der Waals surface area contributed by atoms with Crippen molar-refractivity contribution in [3.05, 3.63) is 106 Å². The van der Waals surface area contributed by atoms with Gasteiger partial charge in [0.25, 0.3) is 0 Å². The average Bonchev–Trinajstić information content (AvgIpc) is 3.37. The molecule has 42 heavy (non-hydrogen) atoms. The maximum atomic E-state index is 11.2. The van der Waals surface area contributed by atoms with E-state index in [2.05, 4.69) is 23.1 Å². The van der Waals surface area contributed by atoms with Crippen molar-refractivity contribution in [3.8, 4) is 23.5 Å². The van der Waals surface area contributed by atoms with E-state index in [1.165, 1.54) is 0 Å². The lowest BCUT2D eigenvalue weighted by molar-refractivity contribution is 0.151. The quantitative estimate of drug-likeness (QED) is 0.242. The van der Waals surface area contributed by atoms with Gasteiger partial charge in [-0.05, 0) is 62.1 Å². The van der Waals surface area contributed by atoms with Gasteiger partial charge in [0.05, 0.1) is 43.2 Å². The van der Waals surface area contributed by atoms with Crippen molar-refractivity contribution < 1.29 is 14.6 Å². The highest BCUT2D eigenvalue weighted by molar-refractivity contribution is 5.88. The Bertz CT molecular complexity index is 1790. The predicted molar refractivity (Wildman–Crippen MR) is 162 cm³/mol. The first kappa shape index (κ1) is 27.3. The van der Waals surface area contributed by atoms with Crippen molar-refractivity contribution in [1.82, 2.24) is 14.5 Å². The highest BCUT2D eigenvalue weighted by atomic mass is 16.5. The molecule has 1 unspecified atom stereocenters. The van der Waals surface area contributed by atoms with Crippen molar-refractivity contribution in [2.24, 2.45) is 0 Å². The van der Waals surface area contributed by atoms with E-state index in [4.69, 9.17) is 19.4 Å². The Morgan fingerprint density at radius 1 is 1.00 bits per heavy atom. The molecule has 1 N–H and O–H groups in total. The molecule has 0 amide bonds. The molecule has 0 aliphatic heterocycles. The van der Waals surface area contributed by atoms with Gasteiger partial charge in [0.2, 0.25) is 5.95 Å². The van der Waals surface area contributed by atoms with Gasteiger partial charge in [-0.15, -0.1) is 0 Å². The van der Waals surface area contributed by atoms with Gasteiger partial charge in [0.15, 0.2) is 0 Å². The first-order chi connectivity index (χ1) is 20.5. The number of hydrogen-bond acceptors (Lipinski definition) is 7. The van der Waals surface area contributed by atoms with Crippen molar-refractivity contribution in [3.63, 3.8) is 0 Å². The number of rotatable bonds is 8. The monoisotopic (exact) mass is 559 g/mol. The van der Waals surface area contributed by atoms with Gasteiger partial charge in [0.1, 0.15) is 17.3 Å². The third kappa shape index (κ3) is 5.04. The van der Waals surface area contributed by atoms with Crippen LogP contribution in [-0.4, -0.2) is 33.9 Å². The molecule has 8 nitrogen and oxygen atoms in total. The van der Waals surface area contributed by atoms with Crippen LogP contribution in [0.3, 0.4) is 0 Å². The normalized spacial score (nSPS) is 14.3. The molecule has 5 aromatic rings. The molecule has 0 radical (unpaired) electrons. The molecular formula is C34H33N5O3. The van der Waals surface area contributed by atoms with Crippen molar-refractivity contribution >= 4 is 16.7 Å². The van der Waals surface area contributed by atoms with Gasteiger partial charge in [-0.1, -0.05) is 36.4 Å². The molecular weight excluding hydrogens is 526 g/mol. The largest absolute Gasteiger partial charge is 0.497 e. The zero-order valence-electron chi connectivity index (χ0n) is 24.0. The number of nitriles is 1. The molecule has 3 aromatic carbocycles. The van der Waals surface area contributed by atoms with E-state index in [0.29, 0.717) is 36.7 Å². The smallest absolute Gasteiger partial charge is 0.236 e. The Morgan fingerprint density at radius 2 is 1.83 bits per heavy atom. The summed E-state index contributed by atoms with van der Waals surface area (Å²) in [6.45, 7) is 3.11. The minimum absolute atomic E-state index is 0.479. The Morgan fingerprint density at radius 3 is 2.60 bits per heavy atom. The molecule has 0 saturated heterocycles. The Hall–Kier alpha value is -4.87. The van der Waals surface area contributed by atoms with Crippen LogP contribution in [0.5, 0.6) is 11.5 Å². The molecule has 2 aromatic heterocycles. The second kappa shape index (κ2) is 11.6. The molecule has 1 aliphatic rings. The second-order valence-corrected chi connectivity index (χ2v) is 10.6. The summed E-state index contributed by atoms with van der Waals surface area (Å²) in [4.78, 5) is 12.4. The van der Waals surface area contributed by atoms with Gasteiger partial charge in [-0.2, -0.15) is 10.2 Å². The van der Waals surface area contributed by atoms with Crippen molar-refractivity contribution in [1.29, 1.82) is 5.26 Å². The number of aryl methyl sites for hydroxylation is 1. The summed E-state index contributed by atoms with van der Waals surface area (Å²) in [5, 5.41) is 21.8. The summed E-state index contributed by atoms with van der Waals surface area (Å²) in [5.41, 5.74) is 6.12. The fourth-order valence-corrected chi connectivity index (χ4v) is 5.89. The average molecular weight is 560 g/mol. The number of ether oxygens (including phenoxy) is 2. The Balaban J connectivity index is 1.55. The third-order valence-corrected chi connectivity index (χ3v) is 7.95. The van der Waals surface area contributed by atoms with Crippen LogP contribution in [0, 0.1) is 18.3 Å². The zero-order chi connectivity index (χ0) is 29.2. The highest BCUT2D eigenvalue weighted by Gasteiger charge is 2.29. The first-order valence-corrected chi connectivity index (χ1v) is 14.1. The number of aromatic nitrogens is 3. The second-order valence-electron chi connectivity index (χ2n) is 10.6. The lowest BCUT2D eigenvalue weighted by atomic mass is 9.93. The lowest BCUT2D eigenvalue weighted by Crippen LogP contribution is -2.28. The summed E-state index contributed by atoms with van der Waals surface area (Å²) in [5.74, 6) is 2.72. The minimum atomic E-state index is -0.680. The number of aliphatic hydroxyl groups is 1. The summed E-state index contributed by atoms with van der Waals surface area (Å²) < 4.78 is 13.2. The zero-order valence-corrected chi connectivity index (χ0v) is 24.0. The van der Waals surface area contributed by atoms with E-state index in [-0.39, 0.29) is 0 Å². The molecule has 212 valence electrons. The number of fused-ring (bicyclic) bond motifs is 2. The molecule has 8 heteroatoms. The van der Waals surface area contributed by atoms with Crippen LogP contribution < -0.4 is 14.4 Å². The molecule has 1 atom stereocenters. The number of anilines is 1. The van der Waals surface area contributed by atoms with E-state index < -0.39 is 6.10 Å². The minimum Gasteiger partial charge on any atom is -0.497 e. The van der Waals surface area contributed by atoms with Crippen LogP contribution in [0.2, 0.25) is 0 Å². The van der Waals surface area contributed by atoms with E-state index in [9.17, 15) is 10.4 Å². The van der Waals surface area contributed by atoms with E-state index in [1.54, 1.807) is 14.2 Å². The van der Waals surface area contributed by atoms with E-state index >= 15 is 0 Å². The molecule has 6 rings (SSSR count). The maximum absolute atomic E-state index is 11.2. The van der Waals surface area contributed by atoms with Crippen LogP contribution >= 0.6 is 0 Å². The predicted octanol–water partition coefficient (Wildman–Crippen LogP) is 6.19. The number of benzene rings is 3. The maximum Gasteiger partial charge on any atom is 0.236 e. The Labute approximate surface area is 245 Å². The summed E-state index contributed by atoms with van der Waals surface area (Å²) in [7, 11) is 3.30. The summed E-state index contributed by atoms with van der Waals surface area (Å²) in [6, 6.07) is 26.1. The number of nitrogens with zero attached hydrogens (tertiary/aromatic N) is 5. The number of methoxy groups -OCH3 is 2. The molecule has 0 fully saturated rings. The summed E-state index contributed by atoms with van der Waals surface area (Å²) in [6.07, 6.45) is 1.60. The van der Waals surface area contributed by atoms with Crippen molar-refractivity contribution in [2.45, 2.75) is 45.4 Å². The van der Waals surface area contributed by atoms with Crippen molar-refractivity contribution in [2.75, 3.05) is 19.1 Å². The van der Waals surface area contributed by atoms with Crippen LogP contribution in [0.1, 0.15) is 52.6 Å². The SMILES string of the molecule is COc1ccc(CN(Cc2ccccc2)c2nc(-n3c(C)cc4c(C#N)cccc43)nc3c2CCCC3O)c(OC)c1. The topological polar surface area (TPSA) is 96.4 Å². The molecule has 1 aliphatic carbocycles. The molecule has 0 spiro atoms. The van der Waals surface area contributed by atoms with Gasteiger partial charge in [0, 0.05) is 41.4 Å². The van der Waals surface area contributed by atoms with Gasteiger partial charge in [-0.3, -0.25) is 4.57 Å². The number of hydrogen-bond donors (Lipinski definition) is 1. The molecule has 0 bridgehead atoms.